The molecule has 2 aromatic heterocycles. The molecular weight excluding hydrogens is 420 g/mol. The Hall–Kier alpha value is -3.01. The fourth-order valence-electron chi connectivity index (χ4n) is 3.14. The Morgan fingerprint density at radius 2 is 1.77 bits per heavy atom. The first kappa shape index (κ1) is 20.3. The number of nitrogens with two attached hydrogens (primary N) is 1. The lowest BCUT2D eigenvalue weighted by Crippen LogP contribution is -2.12. The molecule has 0 spiro atoms. The van der Waals surface area contributed by atoms with E-state index >= 15 is 0 Å². The second-order valence-electron chi connectivity index (χ2n) is 6.72. The first-order chi connectivity index (χ1) is 14.3. The summed E-state index contributed by atoms with van der Waals surface area (Å²) in [6, 6.07) is 14.3. The highest BCUT2D eigenvalue weighted by Gasteiger charge is 2.15. The minimum absolute atomic E-state index is 0.0890. The number of aromatic nitrogens is 2. The molecule has 0 fully saturated rings. The van der Waals surface area contributed by atoms with Crippen molar-refractivity contribution in [2.24, 2.45) is 5.14 Å². The van der Waals surface area contributed by atoms with Crippen LogP contribution in [0.15, 0.2) is 58.8 Å². The minimum Gasteiger partial charge on any atom is -0.497 e. The second-order valence-corrected chi connectivity index (χ2v) is 9.14. The van der Waals surface area contributed by atoms with Gasteiger partial charge in [-0.3, -0.25) is 0 Å². The number of hydrogen-bond donors (Lipinski definition) is 2. The summed E-state index contributed by atoms with van der Waals surface area (Å²) >= 11 is 1.57. The Kier molecular flexibility index (Phi) is 5.42. The second kappa shape index (κ2) is 8.02. The fraction of sp³-hybridized carbons (Fsp3) is 0.143. The zero-order chi connectivity index (χ0) is 21.3. The highest BCUT2D eigenvalue weighted by molar-refractivity contribution is 7.89. The molecule has 154 valence electrons. The molecule has 0 aliphatic heterocycles. The summed E-state index contributed by atoms with van der Waals surface area (Å²) in [5, 5.41) is 11.6. The molecular formula is C21H20N4O3S2. The molecule has 0 radical (unpaired) electrons. The molecule has 0 atom stereocenters. The van der Waals surface area contributed by atoms with Crippen LogP contribution in [-0.2, 0) is 16.6 Å². The zero-order valence-corrected chi connectivity index (χ0v) is 18.0. The molecule has 0 unspecified atom stereocenters. The van der Waals surface area contributed by atoms with Gasteiger partial charge in [0.15, 0.2) is 0 Å². The molecule has 0 bridgehead atoms. The van der Waals surface area contributed by atoms with Crippen LogP contribution in [0.2, 0.25) is 0 Å². The number of sulfonamides is 1. The number of hydrogen-bond acceptors (Lipinski definition) is 7. The van der Waals surface area contributed by atoms with Gasteiger partial charge in [-0.15, -0.1) is 11.3 Å². The molecule has 0 saturated heterocycles. The molecule has 9 heteroatoms. The van der Waals surface area contributed by atoms with Crippen molar-refractivity contribution in [2.45, 2.75) is 18.4 Å². The number of primary sulfonamides is 1. The van der Waals surface area contributed by atoms with Crippen molar-refractivity contribution in [3.05, 3.63) is 65.3 Å². The van der Waals surface area contributed by atoms with E-state index in [2.05, 4.69) is 20.7 Å². The normalized spacial score (nSPS) is 11.6. The van der Waals surface area contributed by atoms with Gasteiger partial charge in [0, 0.05) is 17.5 Å². The quantitative estimate of drug-likeness (QED) is 0.470. The van der Waals surface area contributed by atoms with Gasteiger partial charge in [0.25, 0.3) is 0 Å². The first-order valence-corrected chi connectivity index (χ1v) is 11.5. The van der Waals surface area contributed by atoms with Crippen LogP contribution < -0.4 is 15.2 Å². The van der Waals surface area contributed by atoms with E-state index in [4.69, 9.17) is 9.88 Å². The standard InChI is InChI=1S/C21H20N4O3S2/c1-13-24-20(23-11-14-3-9-17(10-4-14)30(22,26)27)19-18(12-29-21(19)25-13)15-5-7-16(28-2)8-6-15/h3-10,12H,11H2,1-2H3,(H2,22,26,27)(H,23,24,25). The summed E-state index contributed by atoms with van der Waals surface area (Å²) in [5.74, 6) is 2.21. The number of rotatable bonds is 6. The van der Waals surface area contributed by atoms with Crippen molar-refractivity contribution >= 4 is 37.4 Å². The van der Waals surface area contributed by atoms with E-state index in [-0.39, 0.29) is 4.90 Å². The number of nitrogens with one attached hydrogen (secondary N) is 1. The predicted molar refractivity (Wildman–Crippen MR) is 119 cm³/mol. The van der Waals surface area contributed by atoms with E-state index < -0.39 is 10.0 Å². The number of methoxy groups -OCH3 is 1. The van der Waals surface area contributed by atoms with Gasteiger partial charge in [-0.1, -0.05) is 24.3 Å². The Morgan fingerprint density at radius 1 is 1.07 bits per heavy atom. The maximum absolute atomic E-state index is 11.4. The van der Waals surface area contributed by atoms with Crippen LogP contribution in [0.5, 0.6) is 5.75 Å². The molecule has 3 N–H and O–H groups in total. The highest BCUT2D eigenvalue weighted by Crippen LogP contribution is 2.37. The average Bonchev–Trinajstić information content (AvgIpc) is 3.15. The summed E-state index contributed by atoms with van der Waals surface area (Å²) in [6.45, 7) is 2.34. The molecule has 2 aromatic carbocycles. The van der Waals surface area contributed by atoms with Gasteiger partial charge in [-0.25, -0.2) is 23.5 Å². The van der Waals surface area contributed by atoms with Crippen molar-refractivity contribution in [1.82, 2.24) is 9.97 Å². The van der Waals surface area contributed by atoms with Crippen LogP contribution in [0.25, 0.3) is 21.3 Å². The van der Waals surface area contributed by atoms with E-state index in [9.17, 15) is 8.42 Å². The topological polar surface area (TPSA) is 107 Å². The number of anilines is 1. The van der Waals surface area contributed by atoms with Crippen LogP contribution in [0, 0.1) is 6.92 Å². The molecule has 0 aliphatic carbocycles. The summed E-state index contributed by atoms with van der Waals surface area (Å²) < 4.78 is 28.1. The summed E-state index contributed by atoms with van der Waals surface area (Å²) in [6.07, 6.45) is 0. The molecule has 30 heavy (non-hydrogen) atoms. The monoisotopic (exact) mass is 440 g/mol. The number of benzene rings is 2. The molecule has 0 saturated carbocycles. The van der Waals surface area contributed by atoms with E-state index in [1.807, 2.05) is 31.2 Å². The van der Waals surface area contributed by atoms with E-state index in [0.29, 0.717) is 12.4 Å². The molecule has 4 aromatic rings. The van der Waals surface area contributed by atoms with Crippen molar-refractivity contribution in [2.75, 3.05) is 12.4 Å². The zero-order valence-electron chi connectivity index (χ0n) is 16.4. The molecule has 2 heterocycles. The van der Waals surface area contributed by atoms with Crippen LogP contribution in [-0.4, -0.2) is 25.5 Å². The predicted octanol–water partition coefficient (Wildman–Crippen LogP) is 3.93. The number of ether oxygens (including phenoxy) is 1. The fourth-order valence-corrected chi connectivity index (χ4v) is 4.65. The van der Waals surface area contributed by atoms with Crippen molar-refractivity contribution in [1.29, 1.82) is 0 Å². The van der Waals surface area contributed by atoms with Crippen LogP contribution in [0.4, 0.5) is 5.82 Å². The lowest BCUT2D eigenvalue weighted by atomic mass is 10.1. The van der Waals surface area contributed by atoms with Crippen LogP contribution in [0.1, 0.15) is 11.4 Å². The molecule has 7 nitrogen and oxygen atoms in total. The SMILES string of the molecule is COc1ccc(-c2csc3nc(C)nc(NCc4ccc(S(N)(=O)=O)cc4)c23)cc1. The third-order valence-corrected chi connectivity index (χ3v) is 6.46. The number of fused-ring (bicyclic) bond motifs is 1. The van der Waals surface area contributed by atoms with Gasteiger partial charge in [0.2, 0.25) is 10.0 Å². The van der Waals surface area contributed by atoms with Gasteiger partial charge >= 0.3 is 0 Å². The van der Waals surface area contributed by atoms with Crippen molar-refractivity contribution in [3.63, 3.8) is 0 Å². The van der Waals surface area contributed by atoms with E-state index in [1.54, 1.807) is 30.6 Å². The Bertz CT molecular complexity index is 1300. The lowest BCUT2D eigenvalue weighted by Gasteiger charge is -2.10. The summed E-state index contributed by atoms with van der Waals surface area (Å²) in [7, 11) is -2.06. The van der Waals surface area contributed by atoms with E-state index in [1.165, 1.54) is 12.1 Å². The Balaban J connectivity index is 1.67. The van der Waals surface area contributed by atoms with Gasteiger partial charge in [0.1, 0.15) is 22.2 Å². The Labute approximate surface area is 178 Å². The largest absolute Gasteiger partial charge is 0.497 e. The maximum atomic E-state index is 11.4. The third-order valence-electron chi connectivity index (χ3n) is 4.66. The van der Waals surface area contributed by atoms with E-state index in [0.717, 1.165) is 38.5 Å². The summed E-state index contributed by atoms with van der Waals surface area (Å²) in [5.41, 5.74) is 3.01. The molecule has 4 rings (SSSR count). The number of thiophene rings is 1. The number of nitrogens with zero attached hydrogens (tertiary/aromatic N) is 2. The minimum atomic E-state index is -3.70. The van der Waals surface area contributed by atoms with Gasteiger partial charge in [0.05, 0.1) is 17.4 Å². The maximum Gasteiger partial charge on any atom is 0.238 e. The number of aryl methyl sites for hydroxylation is 1. The van der Waals surface area contributed by atoms with Gasteiger partial charge < -0.3 is 10.1 Å². The van der Waals surface area contributed by atoms with Gasteiger partial charge in [-0.2, -0.15) is 0 Å². The van der Waals surface area contributed by atoms with Crippen LogP contribution in [0.3, 0.4) is 0 Å². The smallest absolute Gasteiger partial charge is 0.238 e. The van der Waals surface area contributed by atoms with Crippen LogP contribution >= 0.6 is 11.3 Å². The van der Waals surface area contributed by atoms with Crippen molar-refractivity contribution < 1.29 is 13.2 Å². The third kappa shape index (κ3) is 4.13. The first-order valence-electron chi connectivity index (χ1n) is 9.11. The Morgan fingerprint density at radius 3 is 2.40 bits per heavy atom. The van der Waals surface area contributed by atoms with Gasteiger partial charge in [-0.05, 0) is 42.3 Å². The lowest BCUT2D eigenvalue weighted by molar-refractivity contribution is 0.415. The highest BCUT2D eigenvalue weighted by atomic mass is 32.2. The average molecular weight is 441 g/mol. The van der Waals surface area contributed by atoms with Crippen molar-refractivity contribution in [3.8, 4) is 16.9 Å². The molecule has 0 amide bonds. The summed E-state index contributed by atoms with van der Waals surface area (Å²) in [4.78, 5) is 10.2. The molecule has 0 aliphatic rings.